The van der Waals surface area contributed by atoms with E-state index in [0.29, 0.717) is 16.8 Å². The Morgan fingerprint density at radius 3 is 2.57 bits per heavy atom. The van der Waals surface area contributed by atoms with Crippen LogP contribution >= 0.6 is 0 Å². The first-order chi connectivity index (χ1) is 10.9. The Bertz CT molecular complexity index is 1020. The number of aliphatic hydroxyl groups is 1. The molecule has 0 unspecified atom stereocenters. The van der Waals surface area contributed by atoms with Crippen LogP contribution in [0.5, 0.6) is 0 Å². The molecule has 0 atom stereocenters. The lowest BCUT2D eigenvalue weighted by Crippen LogP contribution is -2.29. The smallest absolute Gasteiger partial charge is 0.268 e. The lowest BCUT2D eigenvalue weighted by atomic mass is 10.0. The predicted octanol–water partition coefficient (Wildman–Crippen LogP) is 2.24. The summed E-state index contributed by atoms with van der Waals surface area (Å²) in [7, 11) is 0. The van der Waals surface area contributed by atoms with Gasteiger partial charge >= 0.3 is 0 Å². The van der Waals surface area contributed by atoms with E-state index in [4.69, 9.17) is 0 Å². The molecule has 1 aliphatic heterocycles. The summed E-state index contributed by atoms with van der Waals surface area (Å²) in [5.74, 6) is -0.305. The summed E-state index contributed by atoms with van der Waals surface area (Å²) in [6.45, 7) is 3.71. The van der Waals surface area contributed by atoms with Gasteiger partial charge in [-0.25, -0.2) is 0 Å². The van der Waals surface area contributed by atoms with Gasteiger partial charge in [0.2, 0.25) is 5.43 Å². The minimum Gasteiger partial charge on any atom is -0.389 e. The van der Waals surface area contributed by atoms with Crippen molar-refractivity contribution in [3.63, 3.8) is 0 Å². The number of hydrogen-bond acceptors (Lipinski definition) is 3. The van der Waals surface area contributed by atoms with Gasteiger partial charge in [0.1, 0.15) is 5.56 Å². The van der Waals surface area contributed by atoms with Crippen molar-refractivity contribution >= 4 is 16.8 Å². The van der Waals surface area contributed by atoms with E-state index < -0.39 is 5.60 Å². The molecule has 0 spiro atoms. The molecule has 0 aliphatic carbocycles. The fourth-order valence-corrected chi connectivity index (χ4v) is 3.29. The molecule has 23 heavy (non-hydrogen) atoms. The normalized spacial score (nSPS) is 13.4. The van der Waals surface area contributed by atoms with Crippen LogP contribution in [-0.2, 0) is 6.54 Å². The molecule has 116 valence electrons. The van der Waals surface area contributed by atoms with Crippen molar-refractivity contribution in [1.82, 2.24) is 9.13 Å². The van der Waals surface area contributed by atoms with Crippen LogP contribution < -0.4 is 5.43 Å². The summed E-state index contributed by atoms with van der Waals surface area (Å²) in [6.07, 6.45) is 1.66. The monoisotopic (exact) mass is 308 g/mol. The van der Waals surface area contributed by atoms with Gasteiger partial charge in [-0.1, -0.05) is 12.1 Å². The fourth-order valence-electron chi connectivity index (χ4n) is 3.29. The lowest BCUT2D eigenvalue weighted by molar-refractivity contribution is 0.0630. The zero-order valence-corrected chi connectivity index (χ0v) is 12.9. The van der Waals surface area contributed by atoms with E-state index in [1.165, 1.54) is 4.57 Å². The second-order valence-corrected chi connectivity index (χ2v) is 6.54. The van der Waals surface area contributed by atoms with Crippen molar-refractivity contribution < 1.29 is 9.90 Å². The average molecular weight is 308 g/mol. The molecular weight excluding hydrogens is 292 g/mol. The topological polar surface area (TPSA) is 64.2 Å². The summed E-state index contributed by atoms with van der Waals surface area (Å²) in [5, 5.41) is 10.8. The van der Waals surface area contributed by atoms with E-state index in [1.807, 2.05) is 22.8 Å². The molecule has 5 nitrogen and oxygen atoms in total. The van der Waals surface area contributed by atoms with E-state index in [0.717, 1.165) is 5.52 Å². The van der Waals surface area contributed by atoms with Crippen LogP contribution in [0.4, 0.5) is 0 Å². The van der Waals surface area contributed by atoms with Crippen molar-refractivity contribution in [3.8, 4) is 11.4 Å². The molecular formula is C18H16N2O3. The number of hydrogen-bond donors (Lipinski definition) is 1. The number of rotatable bonds is 2. The zero-order valence-electron chi connectivity index (χ0n) is 12.9. The van der Waals surface area contributed by atoms with E-state index in [2.05, 4.69) is 0 Å². The fraction of sp³-hybridized carbons (Fsp3) is 0.222. The third kappa shape index (κ3) is 1.90. The van der Waals surface area contributed by atoms with Crippen molar-refractivity contribution in [2.75, 3.05) is 0 Å². The summed E-state index contributed by atoms with van der Waals surface area (Å²) < 4.78 is 3.37. The van der Waals surface area contributed by atoms with Crippen molar-refractivity contribution in [2.45, 2.75) is 26.0 Å². The second kappa shape index (κ2) is 4.43. The quantitative estimate of drug-likeness (QED) is 0.618. The van der Waals surface area contributed by atoms with Gasteiger partial charge in [0.05, 0.1) is 29.1 Å². The van der Waals surface area contributed by atoms with Crippen molar-refractivity contribution in [1.29, 1.82) is 0 Å². The van der Waals surface area contributed by atoms with Crippen molar-refractivity contribution in [3.05, 3.63) is 58.4 Å². The van der Waals surface area contributed by atoms with Crippen LogP contribution in [0, 0.1) is 0 Å². The highest BCUT2D eigenvalue weighted by atomic mass is 16.3. The second-order valence-electron chi connectivity index (χ2n) is 6.54. The Morgan fingerprint density at radius 2 is 1.83 bits per heavy atom. The summed E-state index contributed by atoms with van der Waals surface area (Å²) in [4.78, 5) is 25.4. The van der Waals surface area contributed by atoms with E-state index in [1.54, 1.807) is 38.2 Å². The van der Waals surface area contributed by atoms with E-state index in [-0.39, 0.29) is 23.4 Å². The number of carbonyl (C=O) groups is 1. The van der Waals surface area contributed by atoms with E-state index >= 15 is 0 Å². The standard InChI is InChI=1S/C18H16N2O3/c1-18(2,23)10-20-12-7-4-3-6-11(12)16(21)14-15(20)13-8-5-9-19(13)17(14)22/h3-9,23H,10H2,1-2H3. The Balaban J connectivity index is 2.20. The summed E-state index contributed by atoms with van der Waals surface area (Å²) in [6, 6.07) is 10.8. The molecule has 5 heteroatoms. The first kappa shape index (κ1) is 14.0. The first-order valence-corrected chi connectivity index (χ1v) is 7.49. The summed E-state index contributed by atoms with van der Waals surface area (Å²) in [5.41, 5.74) is 0.956. The molecule has 4 rings (SSSR count). The molecule has 3 heterocycles. The third-order valence-electron chi connectivity index (χ3n) is 4.14. The SMILES string of the molecule is CC(C)(O)Cn1c2c(c(=O)c3ccccc31)C(=O)n1cccc1-2. The number of nitrogens with zero attached hydrogens (tertiary/aromatic N) is 2. The predicted molar refractivity (Wildman–Crippen MR) is 87.7 cm³/mol. The van der Waals surface area contributed by atoms with Crippen LogP contribution in [0.1, 0.15) is 24.2 Å². The van der Waals surface area contributed by atoms with Gasteiger partial charge in [0.15, 0.2) is 0 Å². The molecule has 0 saturated carbocycles. The maximum absolute atomic E-state index is 12.8. The minimum atomic E-state index is -0.978. The Hall–Kier alpha value is -2.66. The highest BCUT2D eigenvalue weighted by Crippen LogP contribution is 2.33. The highest BCUT2D eigenvalue weighted by molar-refractivity contribution is 6.10. The van der Waals surface area contributed by atoms with Crippen LogP contribution in [0.3, 0.4) is 0 Å². The maximum Gasteiger partial charge on any atom is 0.268 e. The summed E-state index contributed by atoms with van der Waals surface area (Å²) >= 11 is 0. The Kier molecular flexibility index (Phi) is 2.69. The van der Waals surface area contributed by atoms with Gasteiger partial charge in [-0.3, -0.25) is 14.2 Å². The maximum atomic E-state index is 12.8. The molecule has 1 aliphatic rings. The van der Waals surface area contributed by atoms with Crippen LogP contribution in [-0.4, -0.2) is 25.7 Å². The van der Waals surface area contributed by atoms with E-state index in [9.17, 15) is 14.7 Å². The number of benzene rings is 1. The van der Waals surface area contributed by atoms with Gasteiger partial charge in [0.25, 0.3) is 5.91 Å². The molecule has 2 aromatic heterocycles. The van der Waals surface area contributed by atoms with Gasteiger partial charge < -0.3 is 9.67 Å². The molecule has 0 saturated heterocycles. The number of fused-ring (bicyclic) bond motifs is 4. The van der Waals surface area contributed by atoms with Gasteiger partial charge in [-0.2, -0.15) is 0 Å². The minimum absolute atomic E-state index is 0.184. The van der Waals surface area contributed by atoms with Gasteiger partial charge in [0, 0.05) is 11.6 Å². The van der Waals surface area contributed by atoms with Gasteiger partial charge in [-0.15, -0.1) is 0 Å². The molecule has 0 fully saturated rings. The van der Waals surface area contributed by atoms with Crippen LogP contribution in [0.15, 0.2) is 47.4 Å². The highest BCUT2D eigenvalue weighted by Gasteiger charge is 2.33. The third-order valence-corrected chi connectivity index (χ3v) is 4.14. The molecule has 0 bridgehead atoms. The molecule has 0 amide bonds. The average Bonchev–Trinajstić information content (AvgIpc) is 3.05. The number of para-hydroxylation sites is 1. The Labute approximate surface area is 132 Å². The first-order valence-electron chi connectivity index (χ1n) is 7.49. The molecule has 0 radical (unpaired) electrons. The molecule has 3 aromatic rings. The molecule has 1 N–H and O–H groups in total. The van der Waals surface area contributed by atoms with Crippen LogP contribution in [0.25, 0.3) is 22.3 Å². The number of aromatic nitrogens is 2. The van der Waals surface area contributed by atoms with Crippen molar-refractivity contribution in [2.24, 2.45) is 0 Å². The Morgan fingerprint density at radius 1 is 1.09 bits per heavy atom. The lowest BCUT2D eigenvalue weighted by Gasteiger charge is -2.23. The number of carbonyl (C=O) groups excluding carboxylic acids is 1. The van der Waals surface area contributed by atoms with Gasteiger partial charge in [-0.05, 0) is 38.1 Å². The number of pyridine rings is 1. The van der Waals surface area contributed by atoms with Crippen LogP contribution in [0.2, 0.25) is 0 Å². The largest absolute Gasteiger partial charge is 0.389 e. The zero-order chi connectivity index (χ0) is 16.4. The molecule has 1 aromatic carbocycles.